The molecule has 0 spiro atoms. The van der Waals surface area contributed by atoms with Crippen LogP contribution in [0.15, 0.2) is 109 Å². The van der Waals surface area contributed by atoms with Crippen molar-refractivity contribution in [3.63, 3.8) is 0 Å². The largest absolute Gasteiger partial charge is 0.353 e. The minimum atomic E-state index is 1.19. The first kappa shape index (κ1) is 18.3. The second-order valence-corrected chi connectivity index (χ2v) is 10.1. The smallest absolute Gasteiger partial charge is 0.0646 e. The second kappa shape index (κ2) is 6.69. The first-order valence-corrected chi connectivity index (χ1v) is 12.4. The lowest BCUT2D eigenvalue weighted by atomic mass is 9.93. The monoisotopic (exact) mass is 449 g/mol. The SMILES string of the molecule is c1ccc2c(c1)cc(-c1ccc3c(c1)[nH]c1c3ccc3c4ccccc4sc31)c1ccccc12. The summed E-state index contributed by atoms with van der Waals surface area (Å²) in [5.41, 5.74) is 4.96. The molecule has 0 bridgehead atoms. The molecule has 0 unspecified atom stereocenters. The van der Waals surface area contributed by atoms with Gasteiger partial charge in [-0.1, -0.05) is 91.0 Å². The van der Waals surface area contributed by atoms with Gasteiger partial charge in [0.25, 0.3) is 0 Å². The first-order valence-electron chi connectivity index (χ1n) is 11.6. The topological polar surface area (TPSA) is 15.8 Å². The number of fused-ring (bicyclic) bond motifs is 10. The molecule has 8 aromatic rings. The molecule has 2 heterocycles. The quantitative estimate of drug-likeness (QED) is 0.240. The summed E-state index contributed by atoms with van der Waals surface area (Å²) in [4.78, 5) is 3.79. The van der Waals surface area contributed by atoms with Crippen molar-refractivity contribution < 1.29 is 0 Å². The Bertz CT molecular complexity index is 2070. The van der Waals surface area contributed by atoms with Gasteiger partial charge in [0.15, 0.2) is 0 Å². The average Bonchev–Trinajstić information content (AvgIpc) is 3.46. The van der Waals surface area contributed by atoms with E-state index in [4.69, 9.17) is 0 Å². The van der Waals surface area contributed by atoms with Crippen molar-refractivity contribution >= 4 is 74.9 Å². The van der Waals surface area contributed by atoms with Crippen LogP contribution in [0, 0.1) is 0 Å². The van der Waals surface area contributed by atoms with Gasteiger partial charge in [0, 0.05) is 31.8 Å². The van der Waals surface area contributed by atoms with Crippen LogP contribution in [-0.4, -0.2) is 4.98 Å². The van der Waals surface area contributed by atoms with Gasteiger partial charge in [0.1, 0.15) is 0 Å². The number of nitrogens with one attached hydrogen (secondary N) is 1. The maximum atomic E-state index is 3.79. The van der Waals surface area contributed by atoms with Crippen molar-refractivity contribution in [2.24, 2.45) is 0 Å². The van der Waals surface area contributed by atoms with Crippen molar-refractivity contribution in [2.75, 3.05) is 0 Å². The van der Waals surface area contributed by atoms with Crippen LogP contribution >= 0.6 is 11.3 Å². The fourth-order valence-electron chi connectivity index (χ4n) is 5.62. The van der Waals surface area contributed by atoms with E-state index in [1.165, 1.54) is 74.6 Å². The Balaban J connectivity index is 1.43. The minimum absolute atomic E-state index is 1.19. The van der Waals surface area contributed by atoms with Gasteiger partial charge in [-0.3, -0.25) is 0 Å². The van der Waals surface area contributed by atoms with Crippen LogP contribution < -0.4 is 0 Å². The van der Waals surface area contributed by atoms with E-state index in [0.717, 1.165) is 0 Å². The molecule has 2 heteroatoms. The predicted molar refractivity (Wildman–Crippen MR) is 149 cm³/mol. The number of aromatic nitrogens is 1. The Hall–Kier alpha value is -4.14. The van der Waals surface area contributed by atoms with E-state index in [1.807, 2.05) is 11.3 Å². The second-order valence-electron chi connectivity index (χ2n) is 9.04. The molecule has 0 saturated carbocycles. The van der Waals surface area contributed by atoms with Gasteiger partial charge in [-0.25, -0.2) is 0 Å². The number of H-pyrrole nitrogens is 1. The van der Waals surface area contributed by atoms with Gasteiger partial charge in [0.2, 0.25) is 0 Å². The lowest BCUT2D eigenvalue weighted by molar-refractivity contribution is 1.57. The van der Waals surface area contributed by atoms with Crippen LogP contribution in [0.2, 0.25) is 0 Å². The average molecular weight is 450 g/mol. The molecule has 0 aliphatic carbocycles. The Morgan fingerprint density at radius 2 is 1.21 bits per heavy atom. The van der Waals surface area contributed by atoms with E-state index >= 15 is 0 Å². The number of rotatable bonds is 1. The van der Waals surface area contributed by atoms with Crippen LogP contribution in [0.1, 0.15) is 0 Å². The van der Waals surface area contributed by atoms with Crippen LogP contribution in [-0.2, 0) is 0 Å². The van der Waals surface area contributed by atoms with E-state index in [1.54, 1.807) is 0 Å². The van der Waals surface area contributed by atoms with Crippen LogP contribution in [0.3, 0.4) is 0 Å². The lowest BCUT2D eigenvalue weighted by Gasteiger charge is -2.11. The third-order valence-electron chi connectivity index (χ3n) is 7.20. The molecule has 1 N–H and O–H groups in total. The molecule has 0 fully saturated rings. The number of hydrogen-bond donors (Lipinski definition) is 1. The molecule has 0 atom stereocenters. The summed E-state index contributed by atoms with van der Waals surface area (Å²) in [6, 6.07) is 39.9. The number of hydrogen-bond acceptors (Lipinski definition) is 1. The van der Waals surface area contributed by atoms with E-state index in [0.29, 0.717) is 0 Å². The molecule has 158 valence electrons. The molecular formula is C32H19NS. The third kappa shape index (κ3) is 2.43. The fraction of sp³-hybridized carbons (Fsp3) is 0. The Morgan fingerprint density at radius 3 is 2.12 bits per heavy atom. The molecule has 8 rings (SSSR count). The lowest BCUT2D eigenvalue weighted by Crippen LogP contribution is -1.84. The molecule has 0 radical (unpaired) electrons. The number of thiophene rings is 1. The molecule has 0 saturated heterocycles. The Kier molecular flexibility index (Phi) is 3.60. The standard InChI is InChI=1S/C32H19NS/c1-2-8-21-19(7-1)17-28(23-10-4-3-9-22(21)23)20-13-14-24-26-15-16-27-25-11-5-6-12-30(25)34-32(27)31(26)33-29(24)18-20/h1-18,33H. The highest BCUT2D eigenvalue weighted by Crippen LogP contribution is 2.41. The van der Waals surface area contributed by atoms with Gasteiger partial charge in [-0.05, 0) is 50.9 Å². The van der Waals surface area contributed by atoms with Gasteiger partial charge in [-0.2, -0.15) is 0 Å². The number of aromatic amines is 1. The van der Waals surface area contributed by atoms with Gasteiger partial charge in [0.05, 0.1) is 10.2 Å². The van der Waals surface area contributed by atoms with Gasteiger partial charge in [-0.15, -0.1) is 11.3 Å². The van der Waals surface area contributed by atoms with E-state index in [9.17, 15) is 0 Å². The van der Waals surface area contributed by atoms with Crippen LogP contribution in [0.25, 0.3) is 74.6 Å². The van der Waals surface area contributed by atoms with Crippen molar-refractivity contribution in [2.45, 2.75) is 0 Å². The van der Waals surface area contributed by atoms with E-state index < -0.39 is 0 Å². The van der Waals surface area contributed by atoms with Gasteiger partial charge >= 0.3 is 0 Å². The first-order chi connectivity index (χ1) is 16.8. The summed E-state index contributed by atoms with van der Waals surface area (Å²) < 4.78 is 2.68. The zero-order valence-electron chi connectivity index (χ0n) is 18.3. The summed E-state index contributed by atoms with van der Waals surface area (Å²) in [5, 5.41) is 10.4. The number of benzene rings is 6. The summed E-state index contributed by atoms with van der Waals surface area (Å²) in [6.07, 6.45) is 0. The van der Waals surface area contributed by atoms with Crippen molar-refractivity contribution in [3.05, 3.63) is 109 Å². The van der Waals surface area contributed by atoms with Crippen LogP contribution in [0.4, 0.5) is 0 Å². The zero-order chi connectivity index (χ0) is 22.2. The third-order valence-corrected chi connectivity index (χ3v) is 8.40. The molecule has 1 nitrogen and oxygen atoms in total. The maximum absolute atomic E-state index is 3.79. The van der Waals surface area contributed by atoms with Crippen LogP contribution in [0.5, 0.6) is 0 Å². The van der Waals surface area contributed by atoms with Gasteiger partial charge < -0.3 is 4.98 Å². The van der Waals surface area contributed by atoms with E-state index in [2.05, 4.69) is 114 Å². The normalized spacial score (nSPS) is 12.1. The fourth-order valence-corrected chi connectivity index (χ4v) is 6.82. The highest BCUT2D eigenvalue weighted by Gasteiger charge is 2.14. The summed E-state index contributed by atoms with van der Waals surface area (Å²) in [7, 11) is 0. The molecule has 34 heavy (non-hydrogen) atoms. The highest BCUT2D eigenvalue weighted by atomic mass is 32.1. The molecule has 2 aromatic heterocycles. The predicted octanol–water partition coefficient (Wildman–Crippen LogP) is 9.66. The summed E-state index contributed by atoms with van der Waals surface area (Å²) in [5.74, 6) is 0. The molecular weight excluding hydrogens is 430 g/mol. The molecule has 6 aromatic carbocycles. The highest BCUT2D eigenvalue weighted by molar-refractivity contribution is 7.26. The van der Waals surface area contributed by atoms with Crippen molar-refractivity contribution in [1.29, 1.82) is 0 Å². The minimum Gasteiger partial charge on any atom is -0.353 e. The Morgan fingerprint density at radius 1 is 0.500 bits per heavy atom. The molecule has 0 amide bonds. The Labute approximate surface area is 199 Å². The summed E-state index contributed by atoms with van der Waals surface area (Å²) >= 11 is 1.88. The maximum Gasteiger partial charge on any atom is 0.0646 e. The van der Waals surface area contributed by atoms with Crippen molar-refractivity contribution in [3.8, 4) is 11.1 Å². The molecule has 0 aliphatic rings. The van der Waals surface area contributed by atoms with E-state index in [-0.39, 0.29) is 0 Å². The van der Waals surface area contributed by atoms with Crippen molar-refractivity contribution in [1.82, 2.24) is 4.98 Å². The summed E-state index contributed by atoms with van der Waals surface area (Å²) in [6.45, 7) is 0. The zero-order valence-corrected chi connectivity index (χ0v) is 19.1. The molecule has 0 aliphatic heterocycles.